The van der Waals surface area contributed by atoms with E-state index >= 15 is 0 Å². The molecule has 31 heavy (non-hydrogen) atoms. The number of carbonyl (C=O) groups excluding carboxylic acids is 1. The summed E-state index contributed by atoms with van der Waals surface area (Å²) in [5.74, 6) is -0.00280. The van der Waals surface area contributed by atoms with Crippen LogP contribution in [0.3, 0.4) is 0 Å². The third kappa shape index (κ3) is 3.80. The lowest BCUT2D eigenvalue weighted by atomic mass is 10.0. The van der Waals surface area contributed by atoms with E-state index in [1.807, 2.05) is 24.4 Å². The maximum absolute atomic E-state index is 12.9. The number of para-hydroxylation sites is 1. The lowest BCUT2D eigenvalue weighted by Crippen LogP contribution is -2.38. The van der Waals surface area contributed by atoms with Crippen LogP contribution in [0.15, 0.2) is 54.9 Å². The molecule has 1 atom stereocenters. The minimum absolute atomic E-state index is 0.00280. The van der Waals surface area contributed by atoms with Gasteiger partial charge < -0.3 is 9.64 Å². The zero-order valence-corrected chi connectivity index (χ0v) is 18.4. The summed E-state index contributed by atoms with van der Waals surface area (Å²) in [6.07, 6.45) is 3.44. The summed E-state index contributed by atoms with van der Waals surface area (Å²) in [6.45, 7) is 2.98. The average Bonchev–Trinajstić information content (AvgIpc) is 3.18. The first-order valence-electron chi connectivity index (χ1n) is 10.4. The van der Waals surface area contributed by atoms with Crippen LogP contribution in [0.5, 0.6) is 0 Å². The largest absolute Gasteiger partial charge is 0.371 e. The van der Waals surface area contributed by atoms with Crippen LogP contribution in [-0.4, -0.2) is 59.5 Å². The highest BCUT2D eigenvalue weighted by Crippen LogP contribution is 2.38. The smallest absolute Gasteiger partial charge is 0.263 e. The maximum atomic E-state index is 12.9. The molecule has 1 aliphatic heterocycles. The summed E-state index contributed by atoms with van der Waals surface area (Å²) in [4.78, 5) is 27.6. The first kappa shape index (κ1) is 20.1. The Morgan fingerprint density at radius 2 is 1.97 bits per heavy atom. The maximum Gasteiger partial charge on any atom is 0.263 e. The van der Waals surface area contributed by atoms with Crippen LogP contribution in [0.2, 0.25) is 0 Å². The van der Waals surface area contributed by atoms with E-state index in [9.17, 15) is 4.79 Å². The van der Waals surface area contributed by atoms with Gasteiger partial charge in [-0.1, -0.05) is 30.3 Å². The number of hydrogen-bond acceptors (Lipinski definition) is 6. The van der Waals surface area contributed by atoms with Gasteiger partial charge in [-0.05, 0) is 17.7 Å². The highest BCUT2D eigenvalue weighted by Gasteiger charge is 2.30. The van der Waals surface area contributed by atoms with Crippen molar-refractivity contribution in [2.75, 3.05) is 33.8 Å². The molecule has 158 valence electrons. The number of thiophene rings is 1. The summed E-state index contributed by atoms with van der Waals surface area (Å²) in [5, 5.41) is 2.16. The van der Waals surface area contributed by atoms with Gasteiger partial charge in [0.15, 0.2) is 0 Å². The van der Waals surface area contributed by atoms with Gasteiger partial charge in [-0.2, -0.15) is 0 Å². The van der Waals surface area contributed by atoms with E-state index in [4.69, 9.17) is 4.74 Å². The molecule has 4 aromatic rings. The van der Waals surface area contributed by atoms with Gasteiger partial charge in [0.25, 0.3) is 5.91 Å². The molecule has 3 aromatic heterocycles. The van der Waals surface area contributed by atoms with Crippen LogP contribution in [-0.2, 0) is 11.3 Å². The van der Waals surface area contributed by atoms with E-state index in [2.05, 4.69) is 39.1 Å². The van der Waals surface area contributed by atoms with Crippen LogP contribution in [0.4, 0.5) is 0 Å². The van der Waals surface area contributed by atoms with Crippen LogP contribution in [0.1, 0.15) is 26.9 Å². The fourth-order valence-electron chi connectivity index (χ4n) is 4.19. The van der Waals surface area contributed by atoms with Crippen LogP contribution >= 0.6 is 11.3 Å². The Morgan fingerprint density at radius 3 is 2.84 bits per heavy atom. The van der Waals surface area contributed by atoms with Crippen molar-refractivity contribution in [2.45, 2.75) is 12.6 Å². The standard InChI is InChI=1S/C24H24N4O2S/c1-27(2)24(29)22-20(18-9-5-11-26-23(18)31-22)19-15-28(12-13-30-19)14-17-7-3-6-16-8-4-10-25-21(16)17/h3-11,19H,12-15H2,1-2H3/t19-/m0/s1. The van der Waals surface area contributed by atoms with Crippen LogP contribution in [0, 0.1) is 0 Å². The van der Waals surface area contributed by atoms with E-state index in [-0.39, 0.29) is 12.0 Å². The topological polar surface area (TPSA) is 58.6 Å². The summed E-state index contributed by atoms with van der Waals surface area (Å²) in [7, 11) is 3.57. The number of carbonyl (C=O) groups is 1. The first-order chi connectivity index (χ1) is 15.1. The van der Waals surface area contributed by atoms with Gasteiger partial charge in [0, 0.05) is 62.5 Å². The lowest BCUT2D eigenvalue weighted by molar-refractivity contribution is -0.0322. The Morgan fingerprint density at radius 1 is 1.16 bits per heavy atom. The SMILES string of the molecule is CN(C)C(=O)c1sc2ncccc2c1[C@@H]1CN(Cc2cccc3cccnc23)CCO1. The fourth-order valence-corrected chi connectivity index (χ4v) is 5.41. The number of nitrogens with zero attached hydrogens (tertiary/aromatic N) is 4. The van der Waals surface area contributed by atoms with Crippen molar-refractivity contribution in [1.29, 1.82) is 0 Å². The van der Waals surface area contributed by atoms with E-state index in [1.54, 1.807) is 25.2 Å². The summed E-state index contributed by atoms with van der Waals surface area (Å²) < 4.78 is 6.21. The Balaban J connectivity index is 1.47. The van der Waals surface area contributed by atoms with Gasteiger partial charge in [0.05, 0.1) is 18.2 Å². The Bertz CT molecular complexity index is 1250. The number of ether oxygens (including phenoxy) is 1. The average molecular weight is 433 g/mol. The molecule has 0 radical (unpaired) electrons. The molecule has 5 rings (SSSR count). The molecule has 4 heterocycles. The Hall–Kier alpha value is -2.87. The van der Waals surface area contributed by atoms with Crippen molar-refractivity contribution in [1.82, 2.24) is 19.8 Å². The number of hydrogen-bond donors (Lipinski definition) is 0. The van der Waals surface area contributed by atoms with Gasteiger partial charge in [0.2, 0.25) is 0 Å². The minimum atomic E-state index is -0.173. The lowest BCUT2D eigenvalue weighted by Gasteiger charge is -2.33. The number of amides is 1. The molecule has 0 aliphatic carbocycles. The van der Waals surface area contributed by atoms with Crippen molar-refractivity contribution in [2.24, 2.45) is 0 Å². The van der Waals surface area contributed by atoms with Crippen molar-refractivity contribution >= 4 is 38.4 Å². The molecule has 6 nitrogen and oxygen atoms in total. The van der Waals surface area contributed by atoms with Gasteiger partial charge in [0.1, 0.15) is 9.71 Å². The molecule has 1 aromatic carbocycles. The second-order valence-corrected chi connectivity index (χ2v) is 8.99. The van der Waals surface area contributed by atoms with Gasteiger partial charge >= 0.3 is 0 Å². The van der Waals surface area contributed by atoms with E-state index in [0.29, 0.717) is 6.61 Å². The third-order valence-corrected chi connectivity index (χ3v) is 6.81. The monoisotopic (exact) mass is 432 g/mol. The number of pyridine rings is 2. The number of benzene rings is 1. The Kier molecular flexibility index (Phi) is 5.40. The molecule has 0 N–H and O–H groups in total. The predicted octanol–water partition coefficient (Wildman–Crippen LogP) is 4.12. The minimum Gasteiger partial charge on any atom is -0.371 e. The molecular formula is C24H24N4O2S. The van der Waals surface area contributed by atoms with Crippen molar-refractivity contribution in [3.63, 3.8) is 0 Å². The molecule has 0 saturated carbocycles. The zero-order chi connectivity index (χ0) is 21.4. The molecule has 1 amide bonds. The van der Waals surface area contributed by atoms with Gasteiger partial charge in [-0.25, -0.2) is 4.98 Å². The second kappa shape index (κ2) is 8.34. The summed E-state index contributed by atoms with van der Waals surface area (Å²) in [5.41, 5.74) is 3.22. The van der Waals surface area contributed by atoms with Gasteiger partial charge in [-0.15, -0.1) is 11.3 Å². The molecule has 7 heteroatoms. The number of aromatic nitrogens is 2. The zero-order valence-electron chi connectivity index (χ0n) is 17.6. The van der Waals surface area contributed by atoms with E-state index in [1.165, 1.54) is 16.9 Å². The molecule has 1 saturated heterocycles. The van der Waals surface area contributed by atoms with E-state index in [0.717, 1.165) is 51.2 Å². The summed E-state index contributed by atoms with van der Waals surface area (Å²) >= 11 is 1.45. The fraction of sp³-hybridized carbons (Fsp3) is 0.292. The number of morpholine rings is 1. The molecule has 0 spiro atoms. The molecule has 0 unspecified atom stereocenters. The van der Waals surface area contributed by atoms with Crippen molar-refractivity contribution in [3.8, 4) is 0 Å². The van der Waals surface area contributed by atoms with Crippen molar-refractivity contribution in [3.05, 3.63) is 70.9 Å². The molecular weight excluding hydrogens is 408 g/mol. The number of rotatable bonds is 4. The van der Waals surface area contributed by atoms with Crippen LogP contribution < -0.4 is 0 Å². The Labute approximate surface area is 185 Å². The molecule has 1 aliphatic rings. The molecule has 0 bridgehead atoms. The van der Waals surface area contributed by atoms with Crippen LogP contribution in [0.25, 0.3) is 21.1 Å². The van der Waals surface area contributed by atoms with Gasteiger partial charge in [-0.3, -0.25) is 14.7 Å². The summed E-state index contributed by atoms with van der Waals surface area (Å²) in [6, 6.07) is 14.3. The quantitative estimate of drug-likeness (QED) is 0.486. The highest BCUT2D eigenvalue weighted by molar-refractivity contribution is 7.20. The third-order valence-electron chi connectivity index (χ3n) is 5.69. The normalized spacial score (nSPS) is 17.3. The van der Waals surface area contributed by atoms with Crippen molar-refractivity contribution < 1.29 is 9.53 Å². The first-order valence-corrected chi connectivity index (χ1v) is 11.2. The second-order valence-electron chi connectivity index (χ2n) is 7.99. The number of fused-ring (bicyclic) bond motifs is 2. The van der Waals surface area contributed by atoms with E-state index < -0.39 is 0 Å². The molecule has 1 fully saturated rings. The predicted molar refractivity (Wildman–Crippen MR) is 123 cm³/mol. The highest BCUT2D eigenvalue weighted by atomic mass is 32.1.